The van der Waals surface area contributed by atoms with Crippen molar-refractivity contribution in [3.8, 4) is 22.6 Å². The van der Waals surface area contributed by atoms with Crippen molar-refractivity contribution >= 4 is 5.91 Å². The maximum absolute atomic E-state index is 13.3. The average Bonchev–Trinajstić information content (AvgIpc) is 3.52. The normalized spacial score (nSPS) is 10.8. The molecule has 0 spiro atoms. The van der Waals surface area contributed by atoms with Gasteiger partial charge in [-0.3, -0.25) is 9.36 Å². The second-order valence-corrected chi connectivity index (χ2v) is 7.62. The molecule has 7 nitrogen and oxygen atoms in total. The van der Waals surface area contributed by atoms with E-state index in [2.05, 4.69) is 15.5 Å². The van der Waals surface area contributed by atoms with E-state index in [4.69, 9.17) is 5.10 Å². The van der Waals surface area contributed by atoms with E-state index < -0.39 is 0 Å². The quantitative estimate of drug-likeness (QED) is 0.431. The Hall–Kier alpha value is -4.52. The topological polar surface area (TPSA) is 77.6 Å². The third-order valence-corrected chi connectivity index (χ3v) is 5.44. The first-order chi connectivity index (χ1) is 16.2. The van der Waals surface area contributed by atoms with Crippen LogP contribution in [0.5, 0.6) is 0 Å². The molecular formula is C26H22N6O. The van der Waals surface area contributed by atoms with Gasteiger partial charge in [-0.15, -0.1) is 10.2 Å². The van der Waals surface area contributed by atoms with E-state index in [9.17, 15) is 4.79 Å². The number of aromatic nitrogens is 5. The summed E-state index contributed by atoms with van der Waals surface area (Å²) in [5.74, 6) is 0.417. The van der Waals surface area contributed by atoms with Gasteiger partial charge in [0.25, 0.3) is 5.91 Å². The molecule has 0 aliphatic carbocycles. The van der Waals surface area contributed by atoms with Gasteiger partial charge in [0, 0.05) is 17.4 Å². The molecule has 5 rings (SSSR count). The Morgan fingerprint density at radius 2 is 1.55 bits per heavy atom. The van der Waals surface area contributed by atoms with Crippen LogP contribution in [0.3, 0.4) is 0 Å². The molecule has 0 saturated heterocycles. The van der Waals surface area contributed by atoms with Crippen molar-refractivity contribution in [2.75, 3.05) is 0 Å². The van der Waals surface area contributed by atoms with Crippen LogP contribution in [0.15, 0.2) is 97.5 Å². The molecule has 162 valence electrons. The predicted octanol–water partition coefficient (Wildman–Crippen LogP) is 4.36. The Labute approximate surface area is 191 Å². The zero-order valence-electron chi connectivity index (χ0n) is 18.1. The zero-order chi connectivity index (χ0) is 22.6. The van der Waals surface area contributed by atoms with Crippen molar-refractivity contribution in [1.29, 1.82) is 0 Å². The molecule has 1 N–H and O–H groups in total. The van der Waals surface area contributed by atoms with Gasteiger partial charge in [0.2, 0.25) is 0 Å². The first kappa shape index (κ1) is 20.4. The highest BCUT2D eigenvalue weighted by molar-refractivity contribution is 6.00. The summed E-state index contributed by atoms with van der Waals surface area (Å²) in [5.41, 5.74) is 4.93. The second kappa shape index (κ2) is 8.92. The molecule has 0 atom stereocenters. The molecule has 5 aromatic rings. The van der Waals surface area contributed by atoms with Gasteiger partial charge in [0.1, 0.15) is 12.0 Å². The summed E-state index contributed by atoms with van der Waals surface area (Å²) >= 11 is 0. The SMILES string of the molecule is Cc1ccccc1-c1nn(-c2ccccc2)cc1C(=O)NCc1nncn1-c1ccccc1. The van der Waals surface area contributed by atoms with E-state index in [1.165, 1.54) is 0 Å². The highest BCUT2D eigenvalue weighted by Crippen LogP contribution is 2.26. The fraction of sp³-hybridized carbons (Fsp3) is 0.0769. The summed E-state index contributed by atoms with van der Waals surface area (Å²) < 4.78 is 3.60. The van der Waals surface area contributed by atoms with E-state index in [0.717, 1.165) is 22.5 Å². The Balaban J connectivity index is 1.46. The molecule has 0 bridgehead atoms. The largest absolute Gasteiger partial charge is 0.345 e. The second-order valence-electron chi connectivity index (χ2n) is 7.62. The fourth-order valence-corrected chi connectivity index (χ4v) is 3.73. The van der Waals surface area contributed by atoms with Crippen molar-refractivity contribution in [1.82, 2.24) is 29.9 Å². The number of benzene rings is 3. The van der Waals surface area contributed by atoms with Crippen molar-refractivity contribution < 1.29 is 4.79 Å². The summed E-state index contributed by atoms with van der Waals surface area (Å²) in [6.45, 7) is 2.25. The van der Waals surface area contributed by atoms with Gasteiger partial charge in [-0.1, -0.05) is 60.7 Å². The lowest BCUT2D eigenvalue weighted by Crippen LogP contribution is -2.24. The first-order valence-electron chi connectivity index (χ1n) is 10.6. The molecule has 7 heteroatoms. The lowest BCUT2D eigenvalue weighted by atomic mass is 10.0. The number of hydrogen-bond donors (Lipinski definition) is 1. The Morgan fingerprint density at radius 3 is 2.27 bits per heavy atom. The van der Waals surface area contributed by atoms with E-state index in [0.29, 0.717) is 17.1 Å². The zero-order valence-corrected chi connectivity index (χ0v) is 18.1. The van der Waals surface area contributed by atoms with Crippen molar-refractivity contribution in [3.63, 3.8) is 0 Å². The van der Waals surface area contributed by atoms with Gasteiger partial charge in [-0.2, -0.15) is 5.10 Å². The number of para-hydroxylation sites is 2. The van der Waals surface area contributed by atoms with E-state index >= 15 is 0 Å². The number of nitrogens with one attached hydrogen (secondary N) is 1. The van der Waals surface area contributed by atoms with Crippen LogP contribution in [0.1, 0.15) is 21.7 Å². The summed E-state index contributed by atoms with van der Waals surface area (Å²) in [7, 11) is 0. The smallest absolute Gasteiger partial charge is 0.255 e. The highest BCUT2D eigenvalue weighted by Gasteiger charge is 2.20. The highest BCUT2D eigenvalue weighted by atomic mass is 16.1. The van der Waals surface area contributed by atoms with Crippen LogP contribution in [0, 0.1) is 6.92 Å². The van der Waals surface area contributed by atoms with E-state index in [-0.39, 0.29) is 12.5 Å². The number of carbonyl (C=O) groups is 1. The lowest BCUT2D eigenvalue weighted by molar-refractivity contribution is 0.0950. The Bertz CT molecular complexity index is 1390. The monoisotopic (exact) mass is 434 g/mol. The van der Waals surface area contributed by atoms with Crippen LogP contribution in [0.25, 0.3) is 22.6 Å². The van der Waals surface area contributed by atoms with Crippen LogP contribution in [0.4, 0.5) is 0 Å². The third-order valence-electron chi connectivity index (χ3n) is 5.44. The first-order valence-corrected chi connectivity index (χ1v) is 10.6. The minimum absolute atomic E-state index is 0.224. The van der Waals surface area contributed by atoms with Gasteiger partial charge >= 0.3 is 0 Å². The molecule has 1 amide bonds. The van der Waals surface area contributed by atoms with Gasteiger partial charge in [0.05, 0.1) is 17.8 Å². The minimum Gasteiger partial charge on any atom is -0.345 e. The van der Waals surface area contributed by atoms with Crippen LogP contribution < -0.4 is 5.32 Å². The van der Waals surface area contributed by atoms with Crippen LogP contribution >= 0.6 is 0 Å². The van der Waals surface area contributed by atoms with Crippen LogP contribution in [-0.2, 0) is 6.54 Å². The van der Waals surface area contributed by atoms with Gasteiger partial charge < -0.3 is 5.32 Å². The van der Waals surface area contributed by atoms with E-state index in [1.807, 2.05) is 96.4 Å². The molecule has 0 aliphatic rings. The summed E-state index contributed by atoms with van der Waals surface area (Å²) in [5, 5.41) is 16.0. The standard InChI is InChI=1S/C26H22N6O/c1-19-10-8-9-15-22(19)25-23(17-32(30-25)21-13-6-3-7-14-21)26(33)27-16-24-29-28-18-31(24)20-11-4-2-5-12-20/h2-15,17-18H,16H2,1H3,(H,27,33). The summed E-state index contributed by atoms with van der Waals surface area (Å²) in [6, 6.07) is 27.5. The molecule has 0 fully saturated rings. The molecular weight excluding hydrogens is 412 g/mol. The molecule has 0 radical (unpaired) electrons. The van der Waals surface area contributed by atoms with Crippen molar-refractivity contribution in [2.45, 2.75) is 13.5 Å². The Kier molecular flexibility index (Phi) is 5.51. The Morgan fingerprint density at radius 1 is 0.879 bits per heavy atom. The van der Waals surface area contributed by atoms with Gasteiger partial charge in [-0.05, 0) is 36.8 Å². The van der Waals surface area contributed by atoms with Crippen LogP contribution in [-0.4, -0.2) is 30.5 Å². The lowest BCUT2D eigenvalue weighted by Gasteiger charge is -2.08. The van der Waals surface area contributed by atoms with Gasteiger partial charge in [0.15, 0.2) is 5.82 Å². The number of aryl methyl sites for hydroxylation is 1. The van der Waals surface area contributed by atoms with E-state index in [1.54, 1.807) is 17.2 Å². The maximum Gasteiger partial charge on any atom is 0.255 e. The molecule has 0 aliphatic heterocycles. The van der Waals surface area contributed by atoms with Crippen molar-refractivity contribution in [3.05, 3.63) is 114 Å². The maximum atomic E-state index is 13.3. The fourth-order valence-electron chi connectivity index (χ4n) is 3.73. The molecule has 2 aromatic heterocycles. The molecule has 0 saturated carbocycles. The number of nitrogens with zero attached hydrogens (tertiary/aromatic N) is 5. The molecule has 3 aromatic carbocycles. The minimum atomic E-state index is -0.224. The van der Waals surface area contributed by atoms with Crippen molar-refractivity contribution in [2.24, 2.45) is 0 Å². The predicted molar refractivity (Wildman–Crippen MR) is 126 cm³/mol. The third kappa shape index (κ3) is 4.16. The number of rotatable bonds is 6. The molecule has 2 heterocycles. The molecule has 33 heavy (non-hydrogen) atoms. The summed E-state index contributed by atoms with van der Waals surface area (Å²) in [6.07, 6.45) is 3.41. The number of hydrogen-bond acceptors (Lipinski definition) is 4. The molecule has 0 unspecified atom stereocenters. The average molecular weight is 435 g/mol. The summed E-state index contributed by atoms with van der Waals surface area (Å²) in [4.78, 5) is 13.3. The number of amides is 1. The number of carbonyl (C=O) groups excluding carboxylic acids is 1. The van der Waals surface area contributed by atoms with Gasteiger partial charge in [-0.25, -0.2) is 4.68 Å². The van der Waals surface area contributed by atoms with Crippen LogP contribution in [0.2, 0.25) is 0 Å².